The van der Waals surface area contributed by atoms with Crippen LogP contribution in [0.2, 0.25) is 0 Å². The molecular weight excluding hydrogens is 256 g/mol. The molecule has 0 saturated heterocycles. The number of ether oxygens (including phenoxy) is 2. The predicted octanol–water partition coefficient (Wildman–Crippen LogP) is 1.69. The van der Waals surface area contributed by atoms with E-state index in [0.717, 1.165) is 12.1 Å². The standard InChI is InChI=1S/C15H24N2O3/c1-10(2)17-8-12-5-6-13(14(7-12)19-4)20-9-11(3)15(16)18/h5-7,10-11,17H,8-9H2,1-4H3,(H2,16,18). The number of rotatable bonds is 8. The van der Waals surface area contributed by atoms with Crippen molar-refractivity contribution in [3.8, 4) is 11.5 Å². The minimum absolute atomic E-state index is 0.245. The van der Waals surface area contributed by atoms with Gasteiger partial charge >= 0.3 is 0 Å². The summed E-state index contributed by atoms with van der Waals surface area (Å²) in [6.07, 6.45) is 0. The smallest absolute Gasteiger partial charge is 0.223 e. The van der Waals surface area contributed by atoms with E-state index in [0.29, 0.717) is 17.5 Å². The van der Waals surface area contributed by atoms with Gasteiger partial charge in [-0.15, -0.1) is 0 Å². The first-order valence-electron chi connectivity index (χ1n) is 6.76. The molecule has 1 aromatic rings. The van der Waals surface area contributed by atoms with Crippen LogP contribution in [0.4, 0.5) is 0 Å². The number of hydrogen-bond acceptors (Lipinski definition) is 4. The van der Waals surface area contributed by atoms with E-state index in [1.54, 1.807) is 14.0 Å². The van der Waals surface area contributed by atoms with Crippen LogP contribution in [0.5, 0.6) is 11.5 Å². The molecule has 1 unspecified atom stereocenters. The van der Waals surface area contributed by atoms with Crippen LogP contribution < -0.4 is 20.5 Å². The maximum absolute atomic E-state index is 11.0. The van der Waals surface area contributed by atoms with Crippen molar-refractivity contribution in [3.63, 3.8) is 0 Å². The van der Waals surface area contributed by atoms with E-state index in [2.05, 4.69) is 19.2 Å². The molecule has 0 bridgehead atoms. The highest BCUT2D eigenvalue weighted by molar-refractivity contribution is 5.76. The van der Waals surface area contributed by atoms with Crippen molar-refractivity contribution in [2.45, 2.75) is 33.4 Å². The van der Waals surface area contributed by atoms with Gasteiger partial charge < -0.3 is 20.5 Å². The van der Waals surface area contributed by atoms with Crippen molar-refractivity contribution in [3.05, 3.63) is 23.8 Å². The summed E-state index contributed by atoms with van der Waals surface area (Å²) in [5.41, 5.74) is 6.32. The first-order valence-corrected chi connectivity index (χ1v) is 6.76. The molecule has 0 aliphatic rings. The fraction of sp³-hybridized carbons (Fsp3) is 0.533. The molecule has 0 saturated carbocycles. The summed E-state index contributed by atoms with van der Waals surface area (Å²) in [5.74, 6) is 0.572. The van der Waals surface area contributed by atoms with Crippen molar-refractivity contribution < 1.29 is 14.3 Å². The number of hydrogen-bond donors (Lipinski definition) is 2. The van der Waals surface area contributed by atoms with Gasteiger partial charge in [0.15, 0.2) is 11.5 Å². The number of methoxy groups -OCH3 is 1. The van der Waals surface area contributed by atoms with Gasteiger partial charge in [0.25, 0.3) is 0 Å². The van der Waals surface area contributed by atoms with Gasteiger partial charge in [-0.25, -0.2) is 0 Å². The Balaban J connectivity index is 2.70. The molecule has 20 heavy (non-hydrogen) atoms. The van der Waals surface area contributed by atoms with Crippen molar-refractivity contribution in [1.82, 2.24) is 5.32 Å². The quantitative estimate of drug-likeness (QED) is 0.760. The summed E-state index contributed by atoms with van der Waals surface area (Å²) >= 11 is 0. The van der Waals surface area contributed by atoms with Gasteiger partial charge in [0, 0.05) is 12.6 Å². The van der Waals surface area contributed by atoms with Crippen LogP contribution in [0.15, 0.2) is 18.2 Å². The summed E-state index contributed by atoms with van der Waals surface area (Å²) < 4.78 is 10.9. The van der Waals surface area contributed by atoms with Crippen LogP contribution >= 0.6 is 0 Å². The Labute approximate surface area is 120 Å². The first-order chi connectivity index (χ1) is 9.43. The topological polar surface area (TPSA) is 73.6 Å². The van der Waals surface area contributed by atoms with Crippen molar-refractivity contribution >= 4 is 5.91 Å². The molecule has 0 spiro atoms. The Morgan fingerprint density at radius 2 is 2.00 bits per heavy atom. The van der Waals surface area contributed by atoms with Crippen LogP contribution in [0.25, 0.3) is 0 Å². The molecule has 0 aliphatic heterocycles. The molecule has 0 aliphatic carbocycles. The second-order valence-electron chi connectivity index (χ2n) is 5.14. The maximum Gasteiger partial charge on any atom is 0.223 e. The minimum atomic E-state index is -0.373. The number of primary amides is 1. The van der Waals surface area contributed by atoms with E-state index in [-0.39, 0.29) is 18.4 Å². The number of nitrogens with one attached hydrogen (secondary N) is 1. The lowest BCUT2D eigenvalue weighted by Crippen LogP contribution is -2.25. The molecule has 1 amide bonds. The van der Waals surface area contributed by atoms with Gasteiger partial charge in [-0.2, -0.15) is 0 Å². The summed E-state index contributed by atoms with van der Waals surface area (Å²) in [6, 6.07) is 6.18. The molecular formula is C15H24N2O3. The number of benzene rings is 1. The van der Waals surface area contributed by atoms with Gasteiger partial charge in [0.1, 0.15) is 0 Å². The SMILES string of the molecule is COc1cc(CNC(C)C)ccc1OCC(C)C(N)=O. The highest BCUT2D eigenvalue weighted by atomic mass is 16.5. The highest BCUT2D eigenvalue weighted by Crippen LogP contribution is 2.28. The number of carbonyl (C=O) groups excluding carboxylic acids is 1. The lowest BCUT2D eigenvalue weighted by molar-refractivity contribution is -0.122. The molecule has 1 aromatic carbocycles. The maximum atomic E-state index is 11.0. The van der Waals surface area contributed by atoms with Gasteiger partial charge in [0.05, 0.1) is 19.6 Å². The van der Waals surface area contributed by atoms with Crippen molar-refractivity contribution in [2.24, 2.45) is 11.7 Å². The van der Waals surface area contributed by atoms with Crippen LogP contribution in [-0.4, -0.2) is 25.7 Å². The Bertz CT molecular complexity index is 447. The fourth-order valence-electron chi connectivity index (χ4n) is 1.56. The monoisotopic (exact) mass is 280 g/mol. The third-order valence-corrected chi connectivity index (χ3v) is 2.92. The lowest BCUT2D eigenvalue weighted by atomic mass is 10.1. The van der Waals surface area contributed by atoms with E-state index in [4.69, 9.17) is 15.2 Å². The van der Waals surface area contributed by atoms with Crippen LogP contribution in [0, 0.1) is 5.92 Å². The Morgan fingerprint density at radius 1 is 1.30 bits per heavy atom. The van der Waals surface area contributed by atoms with Gasteiger partial charge in [0.2, 0.25) is 5.91 Å². The summed E-state index contributed by atoms with van der Waals surface area (Å²) in [4.78, 5) is 11.0. The largest absolute Gasteiger partial charge is 0.493 e. The predicted molar refractivity (Wildman–Crippen MR) is 78.8 cm³/mol. The molecule has 0 fully saturated rings. The first kappa shape index (κ1) is 16.3. The second kappa shape index (κ2) is 7.75. The average Bonchev–Trinajstić information content (AvgIpc) is 2.42. The third kappa shape index (κ3) is 5.09. The zero-order valence-electron chi connectivity index (χ0n) is 12.6. The van der Waals surface area contributed by atoms with Crippen LogP contribution in [-0.2, 0) is 11.3 Å². The molecule has 0 aromatic heterocycles. The Kier molecular flexibility index (Phi) is 6.31. The van der Waals surface area contributed by atoms with E-state index in [1.165, 1.54) is 0 Å². The molecule has 3 N–H and O–H groups in total. The zero-order chi connectivity index (χ0) is 15.1. The molecule has 112 valence electrons. The highest BCUT2D eigenvalue weighted by Gasteiger charge is 2.12. The summed E-state index contributed by atoms with van der Waals surface area (Å²) in [6.45, 7) is 6.94. The minimum Gasteiger partial charge on any atom is -0.493 e. The van der Waals surface area contributed by atoms with Gasteiger partial charge in [-0.05, 0) is 17.7 Å². The number of amides is 1. The van der Waals surface area contributed by atoms with E-state index >= 15 is 0 Å². The number of carbonyl (C=O) groups is 1. The Morgan fingerprint density at radius 3 is 2.55 bits per heavy atom. The second-order valence-corrected chi connectivity index (χ2v) is 5.14. The molecule has 1 atom stereocenters. The van der Waals surface area contributed by atoms with Crippen LogP contribution in [0.1, 0.15) is 26.3 Å². The fourth-order valence-corrected chi connectivity index (χ4v) is 1.56. The normalized spacial score (nSPS) is 12.2. The molecule has 1 rings (SSSR count). The van der Waals surface area contributed by atoms with Crippen molar-refractivity contribution in [2.75, 3.05) is 13.7 Å². The molecule has 5 heteroatoms. The summed E-state index contributed by atoms with van der Waals surface area (Å²) in [7, 11) is 1.60. The molecule has 5 nitrogen and oxygen atoms in total. The van der Waals surface area contributed by atoms with E-state index in [1.807, 2.05) is 18.2 Å². The van der Waals surface area contributed by atoms with Crippen molar-refractivity contribution in [1.29, 1.82) is 0 Å². The molecule has 0 radical (unpaired) electrons. The van der Waals surface area contributed by atoms with Gasteiger partial charge in [-0.3, -0.25) is 4.79 Å². The van der Waals surface area contributed by atoms with E-state index in [9.17, 15) is 4.79 Å². The van der Waals surface area contributed by atoms with E-state index < -0.39 is 0 Å². The summed E-state index contributed by atoms with van der Waals surface area (Å²) in [5, 5.41) is 3.34. The number of nitrogens with two attached hydrogens (primary N) is 1. The average molecular weight is 280 g/mol. The molecule has 0 heterocycles. The van der Waals surface area contributed by atoms with Crippen LogP contribution in [0.3, 0.4) is 0 Å². The Hall–Kier alpha value is -1.75. The lowest BCUT2D eigenvalue weighted by Gasteiger charge is -2.15. The van der Waals surface area contributed by atoms with Gasteiger partial charge in [-0.1, -0.05) is 26.8 Å². The third-order valence-electron chi connectivity index (χ3n) is 2.92. The zero-order valence-corrected chi connectivity index (χ0v) is 12.6.